The van der Waals surface area contributed by atoms with Crippen molar-refractivity contribution in [1.29, 1.82) is 0 Å². The largest absolute Gasteiger partial charge is 0.368 e. The molecule has 1 unspecified atom stereocenters. The van der Waals surface area contributed by atoms with Crippen LogP contribution in [0.15, 0.2) is 18.2 Å². The second-order valence-electron chi connectivity index (χ2n) is 5.50. The van der Waals surface area contributed by atoms with Crippen molar-refractivity contribution in [3.05, 3.63) is 33.9 Å². The standard InChI is InChI=1S/C15H21N3O3/c1-4-12-10-17(8-7-16(12)3)13-5-6-14(11(2)19)15(9-13)18(20)21/h5-6,9,12H,4,7-8,10H2,1-3H3. The molecule has 0 radical (unpaired) electrons. The molecule has 1 aliphatic heterocycles. The van der Waals surface area contributed by atoms with Gasteiger partial charge in [-0.05, 0) is 32.5 Å². The molecule has 1 atom stereocenters. The molecule has 0 aliphatic carbocycles. The van der Waals surface area contributed by atoms with Crippen molar-refractivity contribution in [3.8, 4) is 0 Å². The summed E-state index contributed by atoms with van der Waals surface area (Å²) in [5, 5.41) is 11.2. The van der Waals surface area contributed by atoms with E-state index in [0.717, 1.165) is 31.7 Å². The molecule has 0 saturated carbocycles. The number of rotatable bonds is 4. The second kappa shape index (κ2) is 6.22. The predicted molar refractivity (Wildman–Crippen MR) is 82.0 cm³/mol. The van der Waals surface area contributed by atoms with Gasteiger partial charge in [-0.1, -0.05) is 6.92 Å². The summed E-state index contributed by atoms with van der Waals surface area (Å²) in [4.78, 5) is 26.6. The van der Waals surface area contributed by atoms with Crippen LogP contribution in [0.5, 0.6) is 0 Å². The van der Waals surface area contributed by atoms with Crippen molar-refractivity contribution < 1.29 is 9.72 Å². The number of hydrogen-bond donors (Lipinski definition) is 0. The molecule has 1 aromatic rings. The second-order valence-corrected chi connectivity index (χ2v) is 5.50. The lowest BCUT2D eigenvalue weighted by molar-refractivity contribution is -0.385. The van der Waals surface area contributed by atoms with Crippen LogP contribution in [-0.4, -0.2) is 48.3 Å². The lowest BCUT2D eigenvalue weighted by Crippen LogP contribution is -2.51. The number of ketones is 1. The van der Waals surface area contributed by atoms with Gasteiger partial charge in [0.1, 0.15) is 0 Å². The molecule has 0 spiro atoms. The first-order valence-electron chi connectivity index (χ1n) is 7.18. The fraction of sp³-hybridized carbons (Fsp3) is 0.533. The van der Waals surface area contributed by atoms with E-state index >= 15 is 0 Å². The Morgan fingerprint density at radius 2 is 2.14 bits per heavy atom. The average molecular weight is 291 g/mol. The number of likely N-dealkylation sites (N-methyl/N-ethyl adjacent to an activating group) is 1. The quantitative estimate of drug-likeness (QED) is 0.484. The highest BCUT2D eigenvalue weighted by Crippen LogP contribution is 2.27. The van der Waals surface area contributed by atoms with E-state index in [1.807, 2.05) is 6.07 Å². The van der Waals surface area contributed by atoms with Crippen molar-refractivity contribution >= 4 is 17.2 Å². The number of anilines is 1. The molecule has 1 heterocycles. The van der Waals surface area contributed by atoms with Gasteiger partial charge in [0.25, 0.3) is 5.69 Å². The third-order valence-corrected chi connectivity index (χ3v) is 4.17. The molecule has 0 amide bonds. The van der Waals surface area contributed by atoms with Gasteiger partial charge in [0, 0.05) is 37.4 Å². The Hall–Kier alpha value is -1.95. The van der Waals surface area contributed by atoms with E-state index in [9.17, 15) is 14.9 Å². The summed E-state index contributed by atoms with van der Waals surface area (Å²) in [6, 6.07) is 5.34. The Morgan fingerprint density at radius 3 is 2.71 bits per heavy atom. The molecule has 1 aromatic carbocycles. The zero-order chi connectivity index (χ0) is 15.6. The first-order valence-corrected chi connectivity index (χ1v) is 7.18. The lowest BCUT2D eigenvalue weighted by atomic mass is 10.1. The molecule has 1 aliphatic rings. The highest BCUT2D eigenvalue weighted by Gasteiger charge is 2.25. The van der Waals surface area contributed by atoms with Crippen LogP contribution in [0.2, 0.25) is 0 Å². The average Bonchev–Trinajstić information content (AvgIpc) is 2.47. The maximum atomic E-state index is 11.5. The fourth-order valence-electron chi connectivity index (χ4n) is 2.79. The van der Waals surface area contributed by atoms with Crippen LogP contribution in [0.4, 0.5) is 11.4 Å². The number of Topliss-reactive ketones (excluding diaryl/α,β-unsaturated/α-hetero) is 1. The van der Waals surface area contributed by atoms with Crippen LogP contribution in [0.1, 0.15) is 30.6 Å². The van der Waals surface area contributed by atoms with Crippen LogP contribution in [0.25, 0.3) is 0 Å². The number of benzene rings is 1. The zero-order valence-corrected chi connectivity index (χ0v) is 12.7. The van der Waals surface area contributed by atoms with E-state index < -0.39 is 4.92 Å². The van der Waals surface area contributed by atoms with Crippen LogP contribution in [-0.2, 0) is 0 Å². The summed E-state index contributed by atoms with van der Waals surface area (Å²) < 4.78 is 0. The molecule has 114 valence electrons. The van der Waals surface area contributed by atoms with Gasteiger partial charge < -0.3 is 4.90 Å². The van der Waals surface area contributed by atoms with Gasteiger partial charge in [-0.3, -0.25) is 19.8 Å². The molecule has 0 bridgehead atoms. The number of nitro groups is 1. The van der Waals surface area contributed by atoms with Crippen LogP contribution >= 0.6 is 0 Å². The van der Waals surface area contributed by atoms with Crippen LogP contribution in [0, 0.1) is 10.1 Å². The van der Waals surface area contributed by atoms with Gasteiger partial charge in [0.2, 0.25) is 0 Å². The van der Waals surface area contributed by atoms with E-state index in [1.54, 1.807) is 6.07 Å². The maximum absolute atomic E-state index is 11.5. The van der Waals surface area contributed by atoms with Gasteiger partial charge in [0.05, 0.1) is 10.5 Å². The van der Waals surface area contributed by atoms with Gasteiger partial charge in [-0.15, -0.1) is 0 Å². The van der Waals surface area contributed by atoms with Crippen molar-refractivity contribution in [2.75, 3.05) is 31.6 Å². The Kier molecular flexibility index (Phi) is 4.57. The Bertz CT molecular complexity index is 559. The van der Waals surface area contributed by atoms with Crippen molar-refractivity contribution in [1.82, 2.24) is 4.90 Å². The van der Waals surface area contributed by atoms with Crippen LogP contribution in [0.3, 0.4) is 0 Å². The minimum Gasteiger partial charge on any atom is -0.368 e. The fourth-order valence-corrected chi connectivity index (χ4v) is 2.79. The van der Waals surface area contributed by atoms with Crippen LogP contribution < -0.4 is 4.90 Å². The molecule has 0 aromatic heterocycles. The van der Waals surface area contributed by atoms with E-state index in [4.69, 9.17) is 0 Å². The van der Waals surface area contributed by atoms with Gasteiger partial charge in [-0.25, -0.2) is 0 Å². The van der Waals surface area contributed by atoms with E-state index in [0.29, 0.717) is 6.04 Å². The van der Waals surface area contributed by atoms with Crippen molar-refractivity contribution in [2.45, 2.75) is 26.3 Å². The van der Waals surface area contributed by atoms with E-state index in [1.165, 1.54) is 13.0 Å². The van der Waals surface area contributed by atoms with Crippen molar-refractivity contribution in [3.63, 3.8) is 0 Å². The first kappa shape index (κ1) is 15.4. The normalized spacial score (nSPS) is 19.6. The number of carbonyl (C=O) groups excluding carboxylic acids is 1. The summed E-state index contributed by atoms with van der Waals surface area (Å²) in [5.74, 6) is -0.280. The highest BCUT2D eigenvalue weighted by atomic mass is 16.6. The minimum absolute atomic E-state index is 0.105. The van der Waals surface area contributed by atoms with E-state index in [-0.39, 0.29) is 17.0 Å². The predicted octanol–water partition coefficient (Wildman–Crippen LogP) is 2.33. The molecule has 1 saturated heterocycles. The van der Waals surface area contributed by atoms with E-state index in [2.05, 4.69) is 23.8 Å². The Morgan fingerprint density at radius 1 is 1.43 bits per heavy atom. The molecule has 1 fully saturated rings. The summed E-state index contributed by atoms with van der Waals surface area (Å²) >= 11 is 0. The number of piperazine rings is 1. The Labute approximate surface area is 124 Å². The topological polar surface area (TPSA) is 66.7 Å². The lowest BCUT2D eigenvalue weighted by Gasteiger charge is -2.40. The molecule has 6 heteroatoms. The number of carbonyl (C=O) groups is 1. The number of hydrogen-bond acceptors (Lipinski definition) is 5. The van der Waals surface area contributed by atoms with Gasteiger partial charge in [0.15, 0.2) is 5.78 Å². The third kappa shape index (κ3) is 3.21. The molecular weight excluding hydrogens is 270 g/mol. The maximum Gasteiger partial charge on any atom is 0.282 e. The van der Waals surface area contributed by atoms with Gasteiger partial charge >= 0.3 is 0 Å². The monoisotopic (exact) mass is 291 g/mol. The molecule has 0 N–H and O–H groups in total. The summed E-state index contributed by atoms with van der Waals surface area (Å²) in [6.45, 7) is 6.12. The minimum atomic E-state index is -0.479. The van der Waals surface area contributed by atoms with Crippen molar-refractivity contribution in [2.24, 2.45) is 0 Å². The SMILES string of the molecule is CCC1CN(c2ccc(C(C)=O)c([N+](=O)[O-])c2)CCN1C. The highest BCUT2D eigenvalue weighted by molar-refractivity contribution is 5.98. The smallest absolute Gasteiger partial charge is 0.282 e. The summed E-state index contributed by atoms with van der Waals surface area (Å²) in [5.41, 5.74) is 0.884. The molecule has 2 rings (SSSR count). The molecule has 21 heavy (non-hydrogen) atoms. The first-order chi connectivity index (χ1) is 9.93. The summed E-state index contributed by atoms with van der Waals surface area (Å²) in [6.07, 6.45) is 1.04. The number of nitro benzene ring substituents is 1. The third-order valence-electron chi connectivity index (χ3n) is 4.17. The molecule has 6 nitrogen and oxygen atoms in total. The zero-order valence-electron chi connectivity index (χ0n) is 12.7. The molecular formula is C15H21N3O3. The number of nitrogens with zero attached hydrogens (tertiary/aromatic N) is 3. The van der Waals surface area contributed by atoms with Gasteiger partial charge in [-0.2, -0.15) is 0 Å². The summed E-state index contributed by atoms with van der Waals surface area (Å²) in [7, 11) is 2.10. The Balaban J connectivity index is 2.30.